The fraction of sp³-hybridized carbons (Fsp3) is 0.214. The second-order valence-corrected chi connectivity index (χ2v) is 4.52. The lowest BCUT2D eigenvalue weighted by molar-refractivity contribution is 0.168. The highest BCUT2D eigenvalue weighted by molar-refractivity contribution is 6.31. The van der Waals surface area contributed by atoms with Crippen LogP contribution in [0.4, 0.5) is 4.79 Å². The molecule has 2 aromatic rings. The first-order valence-electron chi connectivity index (χ1n) is 6.41. The monoisotopic (exact) mass is 323 g/mol. The summed E-state index contributed by atoms with van der Waals surface area (Å²) < 4.78 is 10.9. The molecule has 1 heterocycles. The highest BCUT2D eigenvalue weighted by atomic mass is 35.5. The predicted octanol–water partition coefficient (Wildman–Crippen LogP) is 1.62. The largest absolute Gasteiger partial charge is 0.488 e. The molecule has 0 aliphatic carbocycles. The van der Waals surface area contributed by atoms with Gasteiger partial charge in [0, 0.05) is 0 Å². The third-order valence-corrected chi connectivity index (χ3v) is 3.05. The number of ether oxygens (including phenoxy) is 2. The first-order chi connectivity index (χ1) is 10.6. The lowest BCUT2D eigenvalue weighted by Gasteiger charge is -2.10. The number of para-hydroxylation sites is 1. The maximum Gasteiger partial charge on any atom is 0.406 e. The lowest BCUT2D eigenvalue weighted by atomic mass is 10.3. The van der Waals surface area contributed by atoms with Gasteiger partial charge in [-0.3, -0.25) is 4.79 Å². The number of carbonyl (C=O) groups is 1. The summed E-state index contributed by atoms with van der Waals surface area (Å²) in [7, 11) is 1.26. The Bertz CT molecular complexity index is 703. The van der Waals surface area contributed by atoms with Crippen molar-refractivity contribution >= 4 is 17.7 Å². The minimum Gasteiger partial charge on any atom is -0.488 e. The predicted molar refractivity (Wildman–Crippen MR) is 80.7 cm³/mol. The number of nitrogens with one attached hydrogen (secondary N) is 1. The van der Waals surface area contributed by atoms with Crippen LogP contribution in [0.2, 0.25) is 5.02 Å². The van der Waals surface area contributed by atoms with Crippen molar-refractivity contribution in [1.82, 2.24) is 15.1 Å². The molecule has 0 aliphatic rings. The minimum atomic E-state index is -0.563. The summed E-state index contributed by atoms with van der Waals surface area (Å²) in [4.78, 5) is 23.0. The molecule has 0 fully saturated rings. The third-order valence-electron chi connectivity index (χ3n) is 2.70. The Morgan fingerprint density at radius 2 is 2.09 bits per heavy atom. The zero-order valence-corrected chi connectivity index (χ0v) is 12.5. The maximum absolute atomic E-state index is 12.2. The van der Waals surface area contributed by atoms with Gasteiger partial charge in [-0.25, -0.2) is 4.79 Å². The van der Waals surface area contributed by atoms with E-state index in [0.29, 0.717) is 5.69 Å². The standard InChI is InChI=1S/C14H14ClN3O4/c1-21-14(20)16-7-8-22-11-9-17-18(13(19)12(11)15)10-5-3-2-4-6-10/h2-6,9H,7-8H2,1H3,(H,16,20). The molecule has 0 unspecified atom stereocenters. The van der Waals surface area contributed by atoms with Gasteiger partial charge < -0.3 is 14.8 Å². The SMILES string of the molecule is COC(=O)NCCOc1cnn(-c2ccccc2)c(=O)c1Cl. The highest BCUT2D eigenvalue weighted by Gasteiger charge is 2.11. The van der Waals surface area contributed by atoms with Gasteiger partial charge in [-0.1, -0.05) is 29.8 Å². The highest BCUT2D eigenvalue weighted by Crippen LogP contribution is 2.18. The lowest BCUT2D eigenvalue weighted by Crippen LogP contribution is -2.28. The number of benzene rings is 1. The van der Waals surface area contributed by atoms with E-state index in [2.05, 4.69) is 15.2 Å². The van der Waals surface area contributed by atoms with Crippen LogP contribution < -0.4 is 15.6 Å². The molecule has 0 saturated heterocycles. The molecule has 1 aromatic heterocycles. The molecule has 7 nitrogen and oxygen atoms in total. The van der Waals surface area contributed by atoms with E-state index >= 15 is 0 Å². The number of amides is 1. The molecule has 0 aliphatic heterocycles. The molecule has 8 heteroatoms. The Morgan fingerprint density at radius 3 is 2.77 bits per heavy atom. The van der Waals surface area contributed by atoms with E-state index in [1.165, 1.54) is 18.0 Å². The average molecular weight is 324 g/mol. The van der Waals surface area contributed by atoms with Crippen molar-refractivity contribution in [3.05, 3.63) is 51.9 Å². The molecule has 0 bridgehead atoms. The molecule has 1 amide bonds. The van der Waals surface area contributed by atoms with Gasteiger partial charge in [0.05, 0.1) is 25.5 Å². The molecule has 0 spiro atoms. The summed E-state index contributed by atoms with van der Waals surface area (Å²) in [6.07, 6.45) is 0.793. The summed E-state index contributed by atoms with van der Waals surface area (Å²) >= 11 is 6.01. The van der Waals surface area contributed by atoms with Gasteiger partial charge in [0.1, 0.15) is 6.61 Å². The van der Waals surface area contributed by atoms with Gasteiger partial charge in [0.2, 0.25) is 0 Å². The second kappa shape index (κ2) is 7.46. The van der Waals surface area contributed by atoms with Gasteiger partial charge in [-0.15, -0.1) is 0 Å². The van der Waals surface area contributed by atoms with E-state index in [4.69, 9.17) is 16.3 Å². The summed E-state index contributed by atoms with van der Waals surface area (Å²) in [5.74, 6) is 0.158. The number of hydrogen-bond acceptors (Lipinski definition) is 5. The van der Waals surface area contributed by atoms with E-state index < -0.39 is 11.7 Å². The number of aromatic nitrogens is 2. The van der Waals surface area contributed by atoms with Crippen molar-refractivity contribution in [3.63, 3.8) is 0 Å². The Hall–Kier alpha value is -2.54. The van der Waals surface area contributed by atoms with Crippen molar-refractivity contribution in [2.24, 2.45) is 0 Å². The van der Waals surface area contributed by atoms with Crippen LogP contribution in [0, 0.1) is 0 Å². The Balaban J connectivity index is 2.08. The quantitative estimate of drug-likeness (QED) is 0.845. The normalized spacial score (nSPS) is 10.1. The van der Waals surface area contributed by atoms with Crippen molar-refractivity contribution in [2.45, 2.75) is 0 Å². The molecule has 0 radical (unpaired) electrons. The number of alkyl carbamates (subject to hydrolysis) is 1. The molecule has 1 N–H and O–H groups in total. The first-order valence-corrected chi connectivity index (χ1v) is 6.79. The molecular formula is C14H14ClN3O4. The summed E-state index contributed by atoms with van der Waals surface area (Å²) in [6, 6.07) is 8.90. The van der Waals surface area contributed by atoms with Crippen LogP contribution in [0.3, 0.4) is 0 Å². The molecular weight excluding hydrogens is 310 g/mol. The summed E-state index contributed by atoms with van der Waals surface area (Å²) in [5, 5.41) is 6.39. The number of rotatable bonds is 5. The number of halogens is 1. The van der Waals surface area contributed by atoms with Crippen molar-refractivity contribution < 1.29 is 14.3 Å². The Morgan fingerprint density at radius 1 is 1.36 bits per heavy atom. The topological polar surface area (TPSA) is 82.4 Å². The zero-order valence-electron chi connectivity index (χ0n) is 11.8. The Kier molecular flexibility index (Phi) is 5.37. The second-order valence-electron chi connectivity index (χ2n) is 4.14. The van der Waals surface area contributed by atoms with E-state index in [1.807, 2.05) is 6.07 Å². The van der Waals surface area contributed by atoms with Crippen LogP contribution in [-0.4, -0.2) is 36.1 Å². The van der Waals surface area contributed by atoms with Crippen LogP contribution in [0.25, 0.3) is 5.69 Å². The molecule has 2 rings (SSSR count). The average Bonchev–Trinajstić information content (AvgIpc) is 2.55. The van der Waals surface area contributed by atoms with Gasteiger partial charge >= 0.3 is 6.09 Å². The molecule has 0 atom stereocenters. The van der Waals surface area contributed by atoms with Crippen LogP contribution in [0.15, 0.2) is 41.3 Å². The fourth-order valence-corrected chi connectivity index (χ4v) is 1.84. The van der Waals surface area contributed by atoms with Crippen molar-refractivity contribution in [1.29, 1.82) is 0 Å². The first kappa shape index (κ1) is 15.8. The van der Waals surface area contributed by atoms with Gasteiger partial charge in [0.25, 0.3) is 5.56 Å². The molecule has 116 valence electrons. The Labute approximate surface area is 131 Å². The van der Waals surface area contributed by atoms with Gasteiger partial charge in [0.15, 0.2) is 10.8 Å². The summed E-state index contributed by atoms with van der Waals surface area (Å²) in [6.45, 7) is 0.343. The van der Waals surface area contributed by atoms with Crippen LogP contribution >= 0.6 is 11.6 Å². The fourth-order valence-electron chi connectivity index (χ4n) is 1.66. The number of hydrogen-bond donors (Lipinski definition) is 1. The summed E-state index contributed by atoms with van der Waals surface area (Å²) in [5.41, 5.74) is 0.125. The third kappa shape index (κ3) is 3.76. The smallest absolute Gasteiger partial charge is 0.406 e. The van der Waals surface area contributed by atoms with E-state index in [9.17, 15) is 9.59 Å². The van der Waals surface area contributed by atoms with E-state index in [-0.39, 0.29) is 23.9 Å². The number of methoxy groups -OCH3 is 1. The molecule has 22 heavy (non-hydrogen) atoms. The van der Waals surface area contributed by atoms with Crippen molar-refractivity contribution in [3.8, 4) is 11.4 Å². The molecule has 0 saturated carbocycles. The molecule has 1 aromatic carbocycles. The maximum atomic E-state index is 12.2. The van der Waals surface area contributed by atoms with E-state index in [1.54, 1.807) is 24.3 Å². The van der Waals surface area contributed by atoms with Gasteiger partial charge in [-0.2, -0.15) is 9.78 Å². The number of nitrogens with zero attached hydrogens (tertiary/aromatic N) is 2. The van der Waals surface area contributed by atoms with Crippen LogP contribution in [-0.2, 0) is 4.74 Å². The van der Waals surface area contributed by atoms with Crippen LogP contribution in [0.1, 0.15) is 0 Å². The van der Waals surface area contributed by atoms with E-state index in [0.717, 1.165) is 0 Å². The van der Waals surface area contributed by atoms with Crippen LogP contribution in [0.5, 0.6) is 5.75 Å². The zero-order chi connectivity index (χ0) is 15.9. The van der Waals surface area contributed by atoms with Crippen molar-refractivity contribution in [2.75, 3.05) is 20.3 Å². The van der Waals surface area contributed by atoms with Gasteiger partial charge in [-0.05, 0) is 12.1 Å². The number of carbonyl (C=O) groups excluding carboxylic acids is 1. The minimum absolute atomic E-state index is 0.0723.